The van der Waals surface area contributed by atoms with Gasteiger partial charge >= 0.3 is 0 Å². The van der Waals surface area contributed by atoms with Crippen molar-refractivity contribution in [2.45, 2.75) is 32.7 Å². The summed E-state index contributed by atoms with van der Waals surface area (Å²) < 4.78 is 5.39. The lowest BCUT2D eigenvalue weighted by Gasteiger charge is -2.15. The number of carbonyl (C=O) groups excluding carboxylic acids is 2. The molecule has 0 saturated heterocycles. The van der Waals surface area contributed by atoms with E-state index < -0.39 is 0 Å². The molecule has 32 heavy (non-hydrogen) atoms. The molecule has 0 radical (unpaired) electrons. The molecule has 0 bridgehead atoms. The summed E-state index contributed by atoms with van der Waals surface area (Å²) >= 11 is 0. The first-order valence-electron chi connectivity index (χ1n) is 10.7. The molecule has 0 aliphatic heterocycles. The van der Waals surface area contributed by atoms with Gasteiger partial charge in [-0.2, -0.15) is 0 Å². The lowest BCUT2D eigenvalue weighted by atomic mass is 10.0. The van der Waals surface area contributed by atoms with Crippen molar-refractivity contribution in [3.05, 3.63) is 84.3 Å². The van der Waals surface area contributed by atoms with Gasteiger partial charge in [-0.15, -0.1) is 0 Å². The minimum absolute atomic E-state index is 0.0378. The number of hydrogen-bond donors (Lipinski definition) is 2. The van der Waals surface area contributed by atoms with Gasteiger partial charge < -0.3 is 15.1 Å². The maximum absolute atomic E-state index is 13.2. The Balaban J connectivity index is 1.62. The fraction of sp³-hybridized carbons (Fsp3) is 0.192. The number of para-hydroxylation sites is 1. The summed E-state index contributed by atoms with van der Waals surface area (Å²) in [6, 6.07) is 20.5. The number of anilines is 1. The van der Waals surface area contributed by atoms with Gasteiger partial charge in [0.25, 0.3) is 5.91 Å². The zero-order chi connectivity index (χ0) is 22.5. The molecule has 0 spiro atoms. The smallest absolute Gasteiger partial charge is 0.252 e. The predicted molar refractivity (Wildman–Crippen MR) is 125 cm³/mol. The van der Waals surface area contributed by atoms with Crippen LogP contribution in [0.4, 0.5) is 5.69 Å². The van der Waals surface area contributed by atoms with E-state index in [-0.39, 0.29) is 17.9 Å². The third-order valence-electron chi connectivity index (χ3n) is 5.21. The summed E-state index contributed by atoms with van der Waals surface area (Å²) in [5, 5.41) is 6.70. The summed E-state index contributed by atoms with van der Waals surface area (Å²) in [6.07, 6.45) is 2.66. The lowest BCUT2D eigenvalue weighted by Crippen LogP contribution is -2.34. The first-order chi connectivity index (χ1) is 15.5. The lowest BCUT2D eigenvalue weighted by molar-refractivity contribution is -0.115. The first kappa shape index (κ1) is 21.3. The molecule has 2 amide bonds. The van der Waals surface area contributed by atoms with Crippen molar-refractivity contribution in [2.24, 2.45) is 0 Å². The highest BCUT2D eigenvalue weighted by Crippen LogP contribution is 2.26. The number of furan rings is 1. The average Bonchev–Trinajstić information content (AvgIpc) is 3.31. The molecule has 162 valence electrons. The summed E-state index contributed by atoms with van der Waals surface area (Å²) in [5.74, 6) is 0.633. The maximum atomic E-state index is 13.2. The Kier molecular flexibility index (Phi) is 6.31. The number of benzene rings is 2. The normalized spacial score (nSPS) is 11.8. The van der Waals surface area contributed by atoms with Crippen LogP contribution in [0.2, 0.25) is 0 Å². The van der Waals surface area contributed by atoms with E-state index in [1.807, 2.05) is 80.6 Å². The van der Waals surface area contributed by atoms with Gasteiger partial charge in [0.2, 0.25) is 5.91 Å². The number of nitrogens with zero attached hydrogens (tertiary/aromatic N) is 1. The Morgan fingerprint density at radius 1 is 1.03 bits per heavy atom. The van der Waals surface area contributed by atoms with Crippen LogP contribution in [-0.2, 0) is 11.2 Å². The Labute approximate surface area is 186 Å². The molecule has 0 fully saturated rings. The van der Waals surface area contributed by atoms with Crippen LogP contribution in [0.5, 0.6) is 0 Å². The summed E-state index contributed by atoms with van der Waals surface area (Å²) in [5.41, 5.74) is 3.60. The number of hydrogen-bond acceptors (Lipinski definition) is 4. The van der Waals surface area contributed by atoms with Crippen LogP contribution in [0.3, 0.4) is 0 Å². The minimum Gasteiger partial charge on any atom is -0.469 e. The third-order valence-corrected chi connectivity index (χ3v) is 5.21. The summed E-state index contributed by atoms with van der Waals surface area (Å²) in [4.78, 5) is 29.5. The van der Waals surface area contributed by atoms with Gasteiger partial charge in [-0.1, -0.05) is 37.3 Å². The molecule has 0 aliphatic carbocycles. The van der Waals surface area contributed by atoms with Crippen LogP contribution in [0.1, 0.15) is 36.4 Å². The Hall–Kier alpha value is -3.93. The Morgan fingerprint density at radius 2 is 1.81 bits per heavy atom. The molecule has 1 unspecified atom stereocenters. The minimum atomic E-state index is -0.157. The SMILES string of the molecule is CCC(=O)Nc1ccc(-c2cc(C(=O)NC(C)Cc3ccco3)c3ccccc3n2)cc1. The molecular formula is C26H25N3O3. The molecule has 2 heterocycles. The van der Waals surface area contributed by atoms with Crippen LogP contribution in [-0.4, -0.2) is 22.8 Å². The second-order valence-corrected chi connectivity index (χ2v) is 7.71. The van der Waals surface area contributed by atoms with E-state index in [1.165, 1.54) is 0 Å². The second kappa shape index (κ2) is 9.47. The highest BCUT2D eigenvalue weighted by molar-refractivity contribution is 6.07. The fourth-order valence-electron chi connectivity index (χ4n) is 3.57. The summed E-state index contributed by atoms with van der Waals surface area (Å²) in [7, 11) is 0. The number of pyridine rings is 1. The van der Waals surface area contributed by atoms with Crippen molar-refractivity contribution in [3.8, 4) is 11.3 Å². The van der Waals surface area contributed by atoms with Crippen LogP contribution < -0.4 is 10.6 Å². The van der Waals surface area contributed by atoms with Crippen LogP contribution >= 0.6 is 0 Å². The highest BCUT2D eigenvalue weighted by Gasteiger charge is 2.16. The van der Waals surface area contributed by atoms with Crippen molar-refractivity contribution < 1.29 is 14.0 Å². The molecule has 0 saturated carbocycles. The standard InChI is InChI=1S/C26H25N3O3/c1-3-25(30)28-19-12-10-18(11-13-19)24-16-22(21-8-4-5-9-23(21)29-24)26(31)27-17(2)15-20-7-6-14-32-20/h4-14,16-17H,3,15H2,1-2H3,(H,27,31)(H,28,30). The number of fused-ring (bicyclic) bond motifs is 1. The van der Waals surface area contributed by atoms with Gasteiger partial charge in [0.05, 0.1) is 23.0 Å². The Bertz CT molecular complexity index is 1230. The maximum Gasteiger partial charge on any atom is 0.252 e. The topological polar surface area (TPSA) is 84.2 Å². The van der Waals surface area contributed by atoms with Crippen LogP contribution in [0.25, 0.3) is 22.2 Å². The molecular weight excluding hydrogens is 402 g/mol. The van der Waals surface area contributed by atoms with E-state index in [0.29, 0.717) is 24.1 Å². The van der Waals surface area contributed by atoms with E-state index in [4.69, 9.17) is 9.40 Å². The molecule has 1 atom stereocenters. The zero-order valence-corrected chi connectivity index (χ0v) is 18.1. The molecule has 6 nitrogen and oxygen atoms in total. The van der Waals surface area contributed by atoms with Crippen molar-refractivity contribution in [1.82, 2.24) is 10.3 Å². The third kappa shape index (κ3) is 4.86. The van der Waals surface area contributed by atoms with Crippen LogP contribution in [0.15, 0.2) is 77.4 Å². The average molecular weight is 428 g/mol. The molecule has 0 aliphatic rings. The predicted octanol–water partition coefficient (Wildman–Crippen LogP) is 5.20. The quantitative estimate of drug-likeness (QED) is 0.424. The molecule has 4 aromatic rings. The first-order valence-corrected chi connectivity index (χ1v) is 10.7. The monoisotopic (exact) mass is 427 g/mol. The number of nitrogens with one attached hydrogen (secondary N) is 2. The van der Waals surface area contributed by atoms with Crippen molar-refractivity contribution in [2.75, 3.05) is 5.32 Å². The number of aromatic nitrogens is 1. The molecule has 2 N–H and O–H groups in total. The molecule has 4 rings (SSSR count). The second-order valence-electron chi connectivity index (χ2n) is 7.71. The van der Waals surface area contributed by atoms with E-state index in [0.717, 1.165) is 27.9 Å². The number of carbonyl (C=O) groups is 2. The van der Waals surface area contributed by atoms with Gasteiger partial charge in [-0.25, -0.2) is 4.98 Å². The molecule has 2 aromatic heterocycles. The van der Waals surface area contributed by atoms with Gasteiger partial charge in [-0.05, 0) is 43.3 Å². The van der Waals surface area contributed by atoms with Gasteiger partial charge in [0.1, 0.15) is 5.76 Å². The van der Waals surface area contributed by atoms with Gasteiger partial charge in [0, 0.05) is 35.5 Å². The number of rotatable bonds is 7. The van der Waals surface area contributed by atoms with Crippen molar-refractivity contribution >= 4 is 28.4 Å². The van der Waals surface area contributed by atoms with Gasteiger partial charge in [0.15, 0.2) is 0 Å². The van der Waals surface area contributed by atoms with E-state index in [9.17, 15) is 9.59 Å². The van der Waals surface area contributed by atoms with Crippen molar-refractivity contribution in [1.29, 1.82) is 0 Å². The van der Waals surface area contributed by atoms with E-state index in [1.54, 1.807) is 6.26 Å². The largest absolute Gasteiger partial charge is 0.469 e. The van der Waals surface area contributed by atoms with E-state index >= 15 is 0 Å². The number of amides is 2. The highest BCUT2D eigenvalue weighted by atomic mass is 16.3. The van der Waals surface area contributed by atoms with Crippen molar-refractivity contribution in [3.63, 3.8) is 0 Å². The molecule has 6 heteroatoms. The van der Waals surface area contributed by atoms with Gasteiger partial charge in [-0.3, -0.25) is 9.59 Å². The van der Waals surface area contributed by atoms with E-state index in [2.05, 4.69) is 10.6 Å². The fourth-order valence-corrected chi connectivity index (χ4v) is 3.57. The van der Waals surface area contributed by atoms with Crippen LogP contribution in [0, 0.1) is 0 Å². The zero-order valence-electron chi connectivity index (χ0n) is 18.1. The summed E-state index contributed by atoms with van der Waals surface area (Å²) in [6.45, 7) is 3.76. The molecule has 2 aromatic carbocycles. The Morgan fingerprint density at radius 3 is 2.53 bits per heavy atom.